The third kappa shape index (κ3) is 3.19. The number of hydrogen-bond acceptors (Lipinski definition) is 5. The van der Waals surface area contributed by atoms with Crippen molar-refractivity contribution in [3.63, 3.8) is 0 Å². The first kappa shape index (κ1) is 13.2. The summed E-state index contributed by atoms with van der Waals surface area (Å²) < 4.78 is 5.15. The zero-order valence-electron chi connectivity index (χ0n) is 11.2. The molecule has 7 nitrogen and oxygen atoms in total. The van der Waals surface area contributed by atoms with Crippen LogP contribution in [0.25, 0.3) is 11.0 Å². The minimum atomic E-state index is -0.933. The first-order valence-electron chi connectivity index (χ1n) is 6.54. The van der Waals surface area contributed by atoms with Gasteiger partial charge in [0.2, 0.25) is 0 Å². The molecule has 0 bridgehead atoms. The normalized spacial score (nSPS) is 10.9. The first-order valence-corrected chi connectivity index (χ1v) is 6.54. The highest BCUT2D eigenvalue weighted by molar-refractivity contribution is 5.74. The number of aliphatic carboxylic acids is 1. The minimum absolute atomic E-state index is 0.144. The summed E-state index contributed by atoms with van der Waals surface area (Å²) in [6.07, 6.45) is 1.89. The van der Waals surface area contributed by atoms with Gasteiger partial charge >= 0.3 is 5.97 Å². The summed E-state index contributed by atoms with van der Waals surface area (Å²) in [5.74, 6) is -0.0573. The Hall–Kier alpha value is -2.83. The van der Waals surface area contributed by atoms with Gasteiger partial charge in [0.05, 0.1) is 23.1 Å². The van der Waals surface area contributed by atoms with Gasteiger partial charge in [-0.3, -0.25) is 4.79 Å². The van der Waals surface area contributed by atoms with E-state index in [1.165, 1.54) is 6.26 Å². The summed E-state index contributed by atoms with van der Waals surface area (Å²) >= 11 is 0. The molecule has 2 heterocycles. The maximum absolute atomic E-state index is 10.5. The molecule has 0 aliphatic heterocycles. The van der Waals surface area contributed by atoms with Gasteiger partial charge in [-0.15, -0.1) is 0 Å². The number of para-hydroxylation sites is 2. The topological polar surface area (TPSA) is 104 Å². The average molecular weight is 286 g/mol. The molecule has 2 aromatic heterocycles. The Morgan fingerprint density at radius 1 is 1.33 bits per heavy atom. The number of nitrogens with zero attached hydrogens (tertiary/aromatic N) is 2. The van der Waals surface area contributed by atoms with Gasteiger partial charge in [0.1, 0.15) is 12.1 Å². The third-order valence-electron chi connectivity index (χ3n) is 2.96. The van der Waals surface area contributed by atoms with Crippen molar-refractivity contribution >= 4 is 23.0 Å². The summed E-state index contributed by atoms with van der Waals surface area (Å²) in [7, 11) is 0. The van der Waals surface area contributed by atoms with Crippen LogP contribution in [0.2, 0.25) is 0 Å². The number of aromatic nitrogens is 3. The molecule has 108 valence electrons. The molecule has 0 fully saturated rings. The van der Waals surface area contributed by atoms with Crippen LogP contribution in [-0.2, 0) is 17.6 Å². The Morgan fingerprint density at radius 2 is 2.19 bits per heavy atom. The molecular formula is C14H14N4O3. The van der Waals surface area contributed by atoms with E-state index in [2.05, 4.69) is 20.3 Å². The summed E-state index contributed by atoms with van der Waals surface area (Å²) in [6, 6.07) is 8.16. The quantitative estimate of drug-likeness (QED) is 0.638. The fraction of sp³-hybridized carbons (Fsp3) is 0.214. The lowest BCUT2D eigenvalue weighted by atomic mass is 10.3. The van der Waals surface area contributed by atoms with Gasteiger partial charge in [0, 0.05) is 13.0 Å². The average Bonchev–Trinajstić information content (AvgIpc) is 3.04. The second-order valence-corrected chi connectivity index (χ2v) is 4.59. The van der Waals surface area contributed by atoms with E-state index in [4.69, 9.17) is 9.52 Å². The van der Waals surface area contributed by atoms with Gasteiger partial charge in [0.25, 0.3) is 6.01 Å². The van der Waals surface area contributed by atoms with E-state index in [1.807, 2.05) is 24.3 Å². The maximum atomic E-state index is 10.5. The summed E-state index contributed by atoms with van der Waals surface area (Å²) in [4.78, 5) is 22.3. The zero-order valence-corrected chi connectivity index (χ0v) is 11.2. The molecule has 21 heavy (non-hydrogen) atoms. The lowest BCUT2D eigenvalue weighted by molar-refractivity contribution is -0.136. The fourth-order valence-electron chi connectivity index (χ4n) is 2.04. The lowest BCUT2D eigenvalue weighted by Gasteiger charge is -1.98. The number of oxazole rings is 1. The molecule has 0 aliphatic rings. The number of anilines is 1. The monoisotopic (exact) mass is 286 g/mol. The number of fused-ring (bicyclic) bond motifs is 1. The standard InChI is InChI=1S/C14H14N4O3/c19-13(20)7-9-8-21-14(16-9)15-6-5-12-17-10-3-1-2-4-11(10)18-12/h1-4,8H,5-7H2,(H,15,16)(H,17,18)(H,19,20). The van der Waals surface area contributed by atoms with Gasteiger partial charge in [-0.1, -0.05) is 12.1 Å². The highest BCUT2D eigenvalue weighted by Crippen LogP contribution is 2.11. The number of nitrogens with one attached hydrogen (secondary N) is 2. The van der Waals surface area contributed by atoms with E-state index < -0.39 is 5.97 Å². The number of aromatic amines is 1. The number of carboxylic acids is 1. The van der Waals surface area contributed by atoms with E-state index in [-0.39, 0.29) is 6.42 Å². The molecule has 0 amide bonds. The molecule has 0 saturated carbocycles. The van der Waals surface area contributed by atoms with Crippen molar-refractivity contribution in [2.45, 2.75) is 12.8 Å². The molecule has 3 aromatic rings. The number of carbonyl (C=O) groups is 1. The maximum Gasteiger partial charge on any atom is 0.309 e. The second kappa shape index (κ2) is 5.66. The van der Waals surface area contributed by atoms with Crippen LogP contribution in [0.1, 0.15) is 11.5 Å². The molecule has 3 rings (SSSR count). The van der Waals surface area contributed by atoms with Crippen LogP contribution in [0.5, 0.6) is 0 Å². The van der Waals surface area contributed by atoms with Crippen LogP contribution in [0.3, 0.4) is 0 Å². The molecule has 0 aliphatic carbocycles. The van der Waals surface area contributed by atoms with Gasteiger partial charge in [-0.25, -0.2) is 4.98 Å². The molecule has 0 atom stereocenters. The van der Waals surface area contributed by atoms with Crippen LogP contribution in [0, 0.1) is 0 Å². The second-order valence-electron chi connectivity index (χ2n) is 4.59. The Balaban J connectivity index is 1.55. The number of imidazole rings is 1. The van der Waals surface area contributed by atoms with Gasteiger partial charge < -0.3 is 19.8 Å². The predicted molar refractivity (Wildman–Crippen MR) is 76.1 cm³/mol. The Labute approximate surface area is 120 Å². The van der Waals surface area contributed by atoms with Crippen molar-refractivity contribution in [2.75, 3.05) is 11.9 Å². The highest BCUT2D eigenvalue weighted by Gasteiger charge is 2.07. The fourth-order valence-corrected chi connectivity index (χ4v) is 2.04. The SMILES string of the molecule is O=C(O)Cc1coc(NCCc2nc3ccccc3[nH]2)n1. The van der Waals surface area contributed by atoms with Crippen molar-refractivity contribution < 1.29 is 14.3 Å². The Kier molecular flexibility index (Phi) is 3.55. The molecule has 7 heteroatoms. The largest absolute Gasteiger partial charge is 0.481 e. The van der Waals surface area contributed by atoms with Crippen LogP contribution < -0.4 is 5.32 Å². The van der Waals surface area contributed by atoms with Crippen LogP contribution >= 0.6 is 0 Å². The molecule has 0 saturated heterocycles. The van der Waals surface area contributed by atoms with Gasteiger partial charge in [-0.05, 0) is 12.1 Å². The van der Waals surface area contributed by atoms with Crippen molar-refractivity contribution in [2.24, 2.45) is 0 Å². The first-order chi connectivity index (χ1) is 10.2. The van der Waals surface area contributed by atoms with E-state index in [0.29, 0.717) is 24.7 Å². The summed E-state index contributed by atoms with van der Waals surface area (Å²) in [5.41, 5.74) is 2.34. The van der Waals surface area contributed by atoms with E-state index in [9.17, 15) is 4.79 Å². The summed E-state index contributed by atoms with van der Waals surface area (Å²) in [5, 5.41) is 11.7. The molecule has 0 radical (unpaired) electrons. The van der Waals surface area contributed by atoms with Crippen molar-refractivity contribution in [1.82, 2.24) is 15.0 Å². The van der Waals surface area contributed by atoms with Gasteiger partial charge in [-0.2, -0.15) is 4.98 Å². The van der Waals surface area contributed by atoms with Gasteiger partial charge in [0.15, 0.2) is 0 Å². The number of H-pyrrole nitrogens is 1. The molecule has 3 N–H and O–H groups in total. The Bertz CT molecular complexity index is 729. The Morgan fingerprint density at radius 3 is 3.00 bits per heavy atom. The molecule has 1 aromatic carbocycles. The lowest BCUT2D eigenvalue weighted by Crippen LogP contribution is -2.06. The molecule has 0 unspecified atom stereocenters. The van der Waals surface area contributed by atoms with Crippen molar-refractivity contribution in [1.29, 1.82) is 0 Å². The smallest absolute Gasteiger partial charge is 0.309 e. The predicted octanol–water partition coefficient (Wildman–Crippen LogP) is 1.83. The summed E-state index contributed by atoms with van der Waals surface area (Å²) in [6.45, 7) is 0.590. The zero-order chi connectivity index (χ0) is 14.7. The van der Waals surface area contributed by atoms with Crippen LogP contribution in [0.15, 0.2) is 34.9 Å². The number of benzene rings is 1. The number of hydrogen-bond donors (Lipinski definition) is 3. The highest BCUT2D eigenvalue weighted by atomic mass is 16.4. The van der Waals surface area contributed by atoms with Crippen LogP contribution in [0.4, 0.5) is 6.01 Å². The third-order valence-corrected chi connectivity index (χ3v) is 2.96. The van der Waals surface area contributed by atoms with Crippen LogP contribution in [-0.4, -0.2) is 32.6 Å². The minimum Gasteiger partial charge on any atom is -0.481 e. The molecular weight excluding hydrogens is 272 g/mol. The van der Waals surface area contributed by atoms with Crippen molar-refractivity contribution in [3.05, 3.63) is 42.0 Å². The number of rotatable bonds is 6. The number of carboxylic acid groups (broad SMARTS) is 1. The van der Waals surface area contributed by atoms with Crippen molar-refractivity contribution in [3.8, 4) is 0 Å². The molecule has 0 spiro atoms. The van der Waals surface area contributed by atoms with E-state index >= 15 is 0 Å². The van der Waals surface area contributed by atoms with E-state index in [0.717, 1.165) is 16.9 Å². The van der Waals surface area contributed by atoms with E-state index in [1.54, 1.807) is 0 Å².